The number of ketones is 1. The van der Waals surface area contributed by atoms with Gasteiger partial charge in [-0.15, -0.1) is 0 Å². The van der Waals surface area contributed by atoms with Crippen molar-refractivity contribution < 1.29 is 9.90 Å². The molecule has 2 unspecified atom stereocenters. The Balaban J connectivity index is 3.72. The van der Waals surface area contributed by atoms with E-state index in [1.165, 1.54) is 6.92 Å². The van der Waals surface area contributed by atoms with Crippen LogP contribution in [-0.4, -0.2) is 23.5 Å². The molecular weight excluding hydrogens is 118 g/mol. The van der Waals surface area contributed by atoms with Gasteiger partial charge in [0, 0.05) is 5.92 Å². The van der Waals surface area contributed by atoms with Gasteiger partial charge in [-0.2, -0.15) is 0 Å². The van der Waals surface area contributed by atoms with Crippen molar-refractivity contribution in [3.05, 3.63) is 0 Å². The van der Waals surface area contributed by atoms with Gasteiger partial charge < -0.3 is 10.8 Å². The Labute approximate surface area is 54.9 Å². The van der Waals surface area contributed by atoms with Crippen molar-refractivity contribution in [2.75, 3.05) is 6.54 Å². The van der Waals surface area contributed by atoms with Crippen molar-refractivity contribution in [3.63, 3.8) is 0 Å². The lowest BCUT2D eigenvalue weighted by Crippen LogP contribution is -2.30. The molecule has 0 spiro atoms. The maximum Gasteiger partial charge on any atom is 0.158 e. The zero-order chi connectivity index (χ0) is 7.44. The van der Waals surface area contributed by atoms with Crippen molar-refractivity contribution in [1.82, 2.24) is 0 Å². The molecule has 0 saturated heterocycles. The molecule has 9 heavy (non-hydrogen) atoms. The molecule has 0 aliphatic carbocycles. The van der Waals surface area contributed by atoms with Crippen LogP contribution in [0.15, 0.2) is 0 Å². The van der Waals surface area contributed by atoms with Crippen molar-refractivity contribution in [2.45, 2.75) is 20.0 Å². The van der Waals surface area contributed by atoms with Gasteiger partial charge in [0.1, 0.15) is 6.10 Å². The number of hydrogen-bond acceptors (Lipinski definition) is 3. The van der Waals surface area contributed by atoms with Crippen LogP contribution < -0.4 is 5.73 Å². The predicted molar refractivity (Wildman–Crippen MR) is 34.9 cm³/mol. The Kier molecular flexibility index (Phi) is 3.42. The third kappa shape index (κ3) is 2.58. The van der Waals surface area contributed by atoms with E-state index in [9.17, 15) is 4.79 Å². The summed E-state index contributed by atoms with van der Waals surface area (Å²) in [7, 11) is 0. The van der Waals surface area contributed by atoms with Gasteiger partial charge in [0.2, 0.25) is 0 Å². The van der Waals surface area contributed by atoms with Crippen molar-refractivity contribution in [3.8, 4) is 0 Å². The summed E-state index contributed by atoms with van der Waals surface area (Å²) in [5.41, 5.74) is 5.20. The van der Waals surface area contributed by atoms with Crippen LogP contribution in [0, 0.1) is 5.92 Å². The zero-order valence-electron chi connectivity index (χ0n) is 5.79. The average Bonchev–Trinajstić information content (AvgIpc) is 1.84. The van der Waals surface area contributed by atoms with Crippen LogP contribution in [0.3, 0.4) is 0 Å². The van der Waals surface area contributed by atoms with Gasteiger partial charge in [0.15, 0.2) is 5.78 Å². The molecule has 0 aromatic heterocycles. The van der Waals surface area contributed by atoms with E-state index in [1.54, 1.807) is 6.92 Å². The molecule has 0 bridgehead atoms. The van der Waals surface area contributed by atoms with E-state index in [2.05, 4.69) is 0 Å². The fraction of sp³-hybridized carbons (Fsp3) is 0.833. The average molecular weight is 131 g/mol. The van der Waals surface area contributed by atoms with E-state index in [1.807, 2.05) is 0 Å². The predicted octanol–water partition coefficient (Wildman–Crippen LogP) is -0.469. The van der Waals surface area contributed by atoms with Crippen LogP contribution in [0.5, 0.6) is 0 Å². The first-order valence-corrected chi connectivity index (χ1v) is 2.98. The summed E-state index contributed by atoms with van der Waals surface area (Å²) < 4.78 is 0. The molecule has 3 N–H and O–H groups in total. The lowest BCUT2D eigenvalue weighted by molar-refractivity contribution is -0.127. The van der Waals surface area contributed by atoms with Crippen molar-refractivity contribution >= 4 is 5.78 Å². The molecule has 0 amide bonds. The highest BCUT2D eigenvalue weighted by atomic mass is 16.3. The van der Waals surface area contributed by atoms with Crippen LogP contribution in [0.4, 0.5) is 0 Å². The number of aliphatic hydroxyl groups is 1. The van der Waals surface area contributed by atoms with Gasteiger partial charge in [-0.05, 0) is 13.5 Å². The first kappa shape index (κ1) is 8.59. The Bertz CT molecular complexity index is 103. The molecule has 0 aliphatic heterocycles. The second-order valence-corrected chi connectivity index (χ2v) is 2.27. The van der Waals surface area contributed by atoms with Crippen molar-refractivity contribution in [2.24, 2.45) is 11.7 Å². The number of Topliss-reactive ketones (excluding diaryl/α,β-unsaturated/α-hetero) is 1. The third-order valence-corrected chi connectivity index (χ3v) is 1.33. The molecule has 3 heteroatoms. The second-order valence-electron chi connectivity index (χ2n) is 2.27. The molecule has 0 aliphatic rings. The van der Waals surface area contributed by atoms with Crippen LogP contribution in [0.1, 0.15) is 13.8 Å². The molecule has 0 fully saturated rings. The third-order valence-electron chi connectivity index (χ3n) is 1.33. The van der Waals surface area contributed by atoms with E-state index >= 15 is 0 Å². The molecular formula is C6H13NO2. The Morgan fingerprint density at radius 1 is 1.78 bits per heavy atom. The zero-order valence-corrected chi connectivity index (χ0v) is 5.79. The molecule has 0 radical (unpaired) electrons. The Hall–Kier alpha value is -0.410. The van der Waals surface area contributed by atoms with Gasteiger partial charge >= 0.3 is 0 Å². The standard InChI is InChI=1S/C6H13NO2/c1-4(3-7)6(9)5(2)8/h4,6,9H,3,7H2,1-2H3. The number of carbonyl (C=O) groups is 1. The van der Waals surface area contributed by atoms with Gasteiger partial charge in [0.25, 0.3) is 0 Å². The maximum atomic E-state index is 10.4. The van der Waals surface area contributed by atoms with E-state index in [0.717, 1.165) is 0 Å². The van der Waals surface area contributed by atoms with Crippen LogP contribution in [0.25, 0.3) is 0 Å². The first-order valence-electron chi connectivity index (χ1n) is 2.98. The van der Waals surface area contributed by atoms with E-state index in [0.29, 0.717) is 6.54 Å². The number of hydrogen-bond donors (Lipinski definition) is 2. The second kappa shape index (κ2) is 3.58. The summed E-state index contributed by atoms with van der Waals surface area (Å²) in [5.74, 6) is -0.338. The largest absolute Gasteiger partial charge is 0.385 e. The smallest absolute Gasteiger partial charge is 0.158 e. The molecule has 0 heterocycles. The quantitative estimate of drug-likeness (QED) is 0.544. The van der Waals surface area contributed by atoms with Gasteiger partial charge in [0.05, 0.1) is 0 Å². The van der Waals surface area contributed by atoms with Gasteiger partial charge in [-0.1, -0.05) is 6.92 Å². The highest BCUT2D eigenvalue weighted by Crippen LogP contribution is 2.00. The Morgan fingerprint density at radius 2 is 2.22 bits per heavy atom. The molecule has 54 valence electrons. The van der Waals surface area contributed by atoms with E-state index in [-0.39, 0.29) is 11.7 Å². The monoisotopic (exact) mass is 131 g/mol. The fourth-order valence-corrected chi connectivity index (χ4v) is 0.530. The number of rotatable bonds is 3. The Morgan fingerprint density at radius 3 is 2.33 bits per heavy atom. The first-order chi connectivity index (χ1) is 4.09. The highest BCUT2D eigenvalue weighted by molar-refractivity contribution is 5.80. The SMILES string of the molecule is CC(=O)C(O)C(C)CN. The lowest BCUT2D eigenvalue weighted by atomic mass is 10.0. The summed E-state index contributed by atoms with van der Waals surface area (Å²) in [5, 5.41) is 8.97. The summed E-state index contributed by atoms with van der Waals surface area (Å²) in [6.45, 7) is 3.45. The molecule has 0 aromatic rings. The molecule has 0 rings (SSSR count). The highest BCUT2D eigenvalue weighted by Gasteiger charge is 2.16. The normalized spacial score (nSPS) is 16.9. The minimum Gasteiger partial charge on any atom is -0.385 e. The van der Waals surface area contributed by atoms with Crippen LogP contribution >= 0.6 is 0 Å². The molecule has 2 atom stereocenters. The lowest BCUT2D eigenvalue weighted by Gasteiger charge is -2.12. The summed E-state index contributed by atoms with van der Waals surface area (Å²) >= 11 is 0. The summed E-state index contributed by atoms with van der Waals surface area (Å²) in [6, 6.07) is 0. The van der Waals surface area contributed by atoms with E-state index < -0.39 is 6.10 Å². The fourth-order valence-electron chi connectivity index (χ4n) is 0.530. The summed E-state index contributed by atoms with van der Waals surface area (Å²) in [4.78, 5) is 10.4. The summed E-state index contributed by atoms with van der Waals surface area (Å²) in [6.07, 6.45) is -0.880. The number of aliphatic hydroxyl groups excluding tert-OH is 1. The number of nitrogens with two attached hydrogens (primary N) is 1. The minimum atomic E-state index is -0.880. The molecule has 3 nitrogen and oxygen atoms in total. The van der Waals surface area contributed by atoms with E-state index in [4.69, 9.17) is 10.8 Å². The van der Waals surface area contributed by atoms with Gasteiger partial charge in [-0.3, -0.25) is 4.79 Å². The minimum absolute atomic E-state index is 0.123. The maximum absolute atomic E-state index is 10.4. The van der Waals surface area contributed by atoms with Crippen LogP contribution in [-0.2, 0) is 4.79 Å². The molecule has 0 aromatic carbocycles. The van der Waals surface area contributed by atoms with Crippen LogP contribution in [0.2, 0.25) is 0 Å². The van der Waals surface area contributed by atoms with Gasteiger partial charge in [-0.25, -0.2) is 0 Å². The number of carbonyl (C=O) groups excluding carboxylic acids is 1. The van der Waals surface area contributed by atoms with Crippen molar-refractivity contribution in [1.29, 1.82) is 0 Å². The molecule has 0 saturated carbocycles. The topological polar surface area (TPSA) is 63.3 Å².